The first kappa shape index (κ1) is 19.4. The van der Waals surface area contributed by atoms with Gasteiger partial charge < -0.3 is 10.2 Å². The summed E-state index contributed by atoms with van der Waals surface area (Å²) in [6, 6.07) is 12.7. The van der Waals surface area contributed by atoms with Crippen molar-refractivity contribution in [1.82, 2.24) is 5.32 Å². The summed E-state index contributed by atoms with van der Waals surface area (Å²) in [5.74, 6) is -0.0960. The van der Waals surface area contributed by atoms with E-state index in [2.05, 4.69) is 12.2 Å². The lowest BCUT2D eigenvalue weighted by molar-refractivity contribution is 0.0937. The molecule has 0 radical (unpaired) electrons. The number of rotatable bonds is 5. The van der Waals surface area contributed by atoms with Gasteiger partial charge in [-0.25, -0.2) is 0 Å². The van der Waals surface area contributed by atoms with Crippen molar-refractivity contribution in [3.63, 3.8) is 0 Å². The zero-order valence-corrected chi connectivity index (χ0v) is 16.6. The van der Waals surface area contributed by atoms with Crippen LogP contribution in [0, 0.1) is 0 Å². The number of hydrogen-bond donors (Lipinski definition) is 1. The molecule has 0 aromatic heterocycles. The maximum absolute atomic E-state index is 12.9. The summed E-state index contributed by atoms with van der Waals surface area (Å²) in [5.41, 5.74) is 3.19. The maximum Gasteiger partial charge on any atom is 0.258 e. The Balaban J connectivity index is 1.81. The van der Waals surface area contributed by atoms with Crippen molar-refractivity contribution < 1.29 is 9.59 Å². The molecule has 1 aliphatic rings. The molecule has 1 atom stereocenters. The average molecular weight is 385 g/mol. The van der Waals surface area contributed by atoms with Crippen molar-refractivity contribution >= 4 is 29.1 Å². The lowest BCUT2D eigenvalue weighted by Crippen LogP contribution is -2.36. The van der Waals surface area contributed by atoms with Gasteiger partial charge in [-0.15, -0.1) is 0 Å². The van der Waals surface area contributed by atoms with Gasteiger partial charge >= 0.3 is 0 Å². The molecule has 2 aromatic carbocycles. The topological polar surface area (TPSA) is 49.4 Å². The van der Waals surface area contributed by atoms with Crippen molar-refractivity contribution in [1.29, 1.82) is 0 Å². The standard InChI is InChI=1S/C22H25ClN2O2/c1-3-5-15(2)24-21(26)18-9-12-20-17(14-18)6-4-13-25(20)22(27)16-7-10-19(23)11-8-16/h7-12,14-15H,3-6,13H2,1-2H3,(H,24,26)/t15-/m0/s1. The molecular formula is C22H25ClN2O2. The number of anilines is 1. The van der Waals surface area contributed by atoms with E-state index in [0.717, 1.165) is 36.9 Å². The molecule has 2 amide bonds. The van der Waals surface area contributed by atoms with Gasteiger partial charge in [0.2, 0.25) is 0 Å². The van der Waals surface area contributed by atoms with E-state index in [4.69, 9.17) is 11.6 Å². The molecule has 0 bridgehead atoms. The van der Waals surface area contributed by atoms with E-state index in [1.54, 1.807) is 35.2 Å². The highest BCUT2D eigenvalue weighted by atomic mass is 35.5. The van der Waals surface area contributed by atoms with Crippen LogP contribution in [0.1, 0.15) is 59.4 Å². The summed E-state index contributed by atoms with van der Waals surface area (Å²) in [6.45, 7) is 4.80. The molecule has 2 aromatic rings. The molecule has 3 rings (SSSR count). The Kier molecular flexibility index (Phi) is 6.17. The Morgan fingerprint density at radius 2 is 1.85 bits per heavy atom. The van der Waals surface area contributed by atoms with Crippen LogP contribution in [0.3, 0.4) is 0 Å². The van der Waals surface area contributed by atoms with Gasteiger partial charge in [-0.05, 0) is 74.2 Å². The molecule has 27 heavy (non-hydrogen) atoms. The van der Waals surface area contributed by atoms with Gasteiger partial charge in [0.1, 0.15) is 0 Å². The summed E-state index contributed by atoms with van der Waals surface area (Å²) in [6.07, 6.45) is 3.74. The molecule has 0 aliphatic carbocycles. The summed E-state index contributed by atoms with van der Waals surface area (Å²) >= 11 is 5.92. The van der Waals surface area contributed by atoms with Crippen LogP contribution in [0.2, 0.25) is 5.02 Å². The molecular weight excluding hydrogens is 360 g/mol. The van der Waals surface area contributed by atoms with Crippen LogP contribution in [-0.4, -0.2) is 24.4 Å². The third kappa shape index (κ3) is 4.51. The van der Waals surface area contributed by atoms with Crippen LogP contribution >= 0.6 is 11.6 Å². The third-order valence-electron chi connectivity index (χ3n) is 4.90. The highest BCUT2D eigenvalue weighted by Crippen LogP contribution is 2.29. The number of halogens is 1. The fourth-order valence-electron chi connectivity index (χ4n) is 3.51. The minimum Gasteiger partial charge on any atom is -0.350 e. The summed E-state index contributed by atoms with van der Waals surface area (Å²) in [4.78, 5) is 27.2. The van der Waals surface area contributed by atoms with Crippen molar-refractivity contribution in [2.24, 2.45) is 0 Å². The Bertz CT molecular complexity index is 833. The number of carbonyl (C=O) groups is 2. The SMILES string of the molecule is CCC[C@H](C)NC(=O)c1ccc2c(c1)CCCN2C(=O)c1ccc(Cl)cc1. The van der Waals surface area contributed by atoms with E-state index in [0.29, 0.717) is 22.7 Å². The predicted octanol–water partition coefficient (Wildman–Crippen LogP) is 4.85. The number of benzene rings is 2. The fraction of sp³-hybridized carbons (Fsp3) is 0.364. The Labute approximate surface area is 165 Å². The Hall–Kier alpha value is -2.33. The molecule has 1 N–H and O–H groups in total. The quantitative estimate of drug-likeness (QED) is 0.800. The molecule has 0 spiro atoms. The highest BCUT2D eigenvalue weighted by Gasteiger charge is 2.24. The van der Waals surface area contributed by atoms with Gasteiger partial charge in [0.25, 0.3) is 11.8 Å². The van der Waals surface area contributed by atoms with E-state index in [9.17, 15) is 9.59 Å². The largest absolute Gasteiger partial charge is 0.350 e. The van der Waals surface area contributed by atoms with Crippen LogP contribution in [0.4, 0.5) is 5.69 Å². The van der Waals surface area contributed by atoms with Crippen molar-refractivity contribution in [2.45, 2.75) is 45.6 Å². The third-order valence-corrected chi connectivity index (χ3v) is 5.15. The van der Waals surface area contributed by atoms with Gasteiger partial charge in [0.15, 0.2) is 0 Å². The zero-order chi connectivity index (χ0) is 19.4. The molecule has 5 heteroatoms. The Morgan fingerprint density at radius 1 is 1.15 bits per heavy atom. The van der Waals surface area contributed by atoms with E-state index < -0.39 is 0 Å². The van der Waals surface area contributed by atoms with E-state index in [-0.39, 0.29) is 17.9 Å². The van der Waals surface area contributed by atoms with Crippen LogP contribution < -0.4 is 10.2 Å². The van der Waals surface area contributed by atoms with Gasteiger partial charge in [-0.1, -0.05) is 24.9 Å². The van der Waals surface area contributed by atoms with Crippen molar-refractivity contribution in [3.05, 3.63) is 64.2 Å². The number of fused-ring (bicyclic) bond motifs is 1. The number of hydrogen-bond acceptors (Lipinski definition) is 2. The smallest absolute Gasteiger partial charge is 0.258 e. The van der Waals surface area contributed by atoms with E-state index >= 15 is 0 Å². The summed E-state index contributed by atoms with van der Waals surface area (Å²) in [7, 11) is 0. The lowest BCUT2D eigenvalue weighted by Gasteiger charge is -2.30. The minimum absolute atomic E-state index is 0.0404. The number of amides is 2. The second kappa shape index (κ2) is 8.57. The normalized spacial score (nSPS) is 14.4. The summed E-state index contributed by atoms with van der Waals surface area (Å²) in [5, 5.41) is 3.65. The number of nitrogens with zero attached hydrogens (tertiary/aromatic N) is 1. The Morgan fingerprint density at radius 3 is 2.56 bits per heavy atom. The number of carbonyl (C=O) groups excluding carboxylic acids is 2. The van der Waals surface area contributed by atoms with Gasteiger partial charge in [-0.2, -0.15) is 0 Å². The first-order valence-corrected chi connectivity index (χ1v) is 9.88. The number of aryl methyl sites for hydroxylation is 1. The molecule has 0 fully saturated rings. The second-order valence-corrected chi connectivity index (χ2v) is 7.51. The van der Waals surface area contributed by atoms with Gasteiger partial charge in [0.05, 0.1) is 0 Å². The first-order valence-electron chi connectivity index (χ1n) is 9.51. The molecule has 0 unspecified atom stereocenters. The van der Waals surface area contributed by atoms with Gasteiger partial charge in [-0.3, -0.25) is 9.59 Å². The van der Waals surface area contributed by atoms with E-state index in [1.807, 2.05) is 19.1 Å². The first-order chi connectivity index (χ1) is 13.0. The maximum atomic E-state index is 12.9. The monoisotopic (exact) mass is 384 g/mol. The van der Waals surface area contributed by atoms with Gasteiger partial charge in [0, 0.05) is 34.4 Å². The molecule has 0 saturated heterocycles. The molecule has 1 aliphatic heterocycles. The van der Waals surface area contributed by atoms with Crippen molar-refractivity contribution in [2.75, 3.05) is 11.4 Å². The highest BCUT2D eigenvalue weighted by molar-refractivity contribution is 6.30. The number of nitrogens with one attached hydrogen (secondary N) is 1. The molecule has 1 heterocycles. The van der Waals surface area contributed by atoms with Crippen LogP contribution in [0.25, 0.3) is 0 Å². The van der Waals surface area contributed by atoms with Crippen LogP contribution in [-0.2, 0) is 6.42 Å². The molecule has 142 valence electrons. The zero-order valence-electron chi connectivity index (χ0n) is 15.8. The van der Waals surface area contributed by atoms with Crippen LogP contribution in [0.15, 0.2) is 42.5 Å². The van der Waals surface area contributed by atoms with Crippen LogP contribution in [0.5, 0.6) is 0 Å². The fourth-order valence-corrected chi connectivity index (χ4v) is 3.64. The molecule has 4 nitrogen and oxygen atoms in total. The second-order valence-electron chi connectivity index (χ2n) is 7.07. The summed E-state index contributed by atoms with van der Waals surface area (Å²) < 4.78 is 0. The molecule has 0 saturated carbocycles. The average Bonchev–Trinajstić information content (AvgIpc) is 2.67. The van der Waals surface area contributed by atoms with Crippen molar-refractivity contribution in [3.8, 4) is 0 Å². The lowest BCUT2D eigenvalue weighted by atomic mass is 9.98. The van der Waals surface area contributed by atoms with E-state index in [1.165, 1.54) is 0 Å². The minimum atomic E-state index is -0.0556. The predicted molar refractivity (Wildman–Crippen MR) is 110 cm³/mol.